The van der Waals surface area contributed by atoms with Crippen LogP contribution in [-0.2, 0) is 4.74 Å². The average Bonchev–Trinajstić information content (AvgIpc) is 2.88. The second kappa shape index (κ2) is 6.42. The fourth-order valence-electron chi connectivity index (χ4n) is 2.38. The standard InChI is InChI=1S/C15H20N2O/c1-12-10-14(7-6-13(12)11-16)17-8-9-18-15-4-2-3-5-15/h6-7,10,15,17H,2-5,8-9H2,1H3. The number of aryl methyl sites for hydroxylation is 1. The van der Waals surface area contributed by atoms with Crippen molar-refractivity contribution in [2.45, 2.75) is 38.7 Å². The lowest BCUT2D eigenvalue weighted by Gasteiger charge is -2.12. The summed E-state index contributed by atoms with van der Waals surface area (Å²) in [5.74, 6) is 0. The number of nitrogens with one attached hydrogen (secondary N) is 1. The van der Waals surface area contributed by atoms with E-state index in [4.69, 9.17) is 10.00 Å². The molecule has 2 rings (SSSR count). The highest BCUT2D eigenvalue weighted by atomic mass is 16.5. The van der Waals surface area contributed by atoms with Gasteiger partial charge in [0.05, 0.1) is 24.3 Å². The molecule has 0 bridgehead atoms. The summed E-state index contributed by atoms with van der Waals surface area (Å²) in [6.45, 7) is 3.53. The van der Waals surface area contributed by atoms with E-state index in [-0.39, 0.29) is 0 Å². The van der Waals surface area contributed by atoms with Crippen LogP contribution in [0.4, 0.5) is 5.69 Å². The summed E-state index contributed by atoms with van der Waals surface area (Å²) in [7, 11) is 0. The van der Waals surface area contributed by atoms with Crippen molar-refractivity contribution in [1.29, 1.82) is 5.26 Å². The molecule has 0 aromatic heterocycles. The molecule has 0 heterocycles. The van der Waals surface area contributed by atoms with Crippen LogP contribution in [0.1, 0.15) is 36.8 Å². The van der Waals surface area contributed by atoms with Crippen molar-refractivity contribution in [2.75, 3.05) is 18.5 Å². The second-order valence-corrected chi connectivity index (χ2v) is 4.85. The van der Waals surface area contributed by atoms with Gasteiger partial charge >= 0.3 is 0 Å². The van der Waals surface area contributed by atoms with Gasteiger partial charge in [-0.3, -0.25) is 0 Å². The topological polar surface area (TPSA) is 45.0 Å². The number of nitrogens with zero attached hydrogens (tertiary/aromatic N) is 1. The molecular formula is C15H20N2O. The van der Waals surface area contributed by atoms with Gasteiger partial charge in [0, 0.05) is 12.2 Å². The Hall–Kier alpha value is -1.53. The first-order valence-corrected chi connectivity index (χ1v) is 6.66. The van der Waals surface area contributed by atoms with Crippen molar-refractivity contribution < 1.29 is 4.74 Å². The predicted octanol–water partition coefficient (Wildman–Crippen LogP) is 3.24. The zero-order chi connectivity index (χ0) is 12.8. The second-order valence-electron chi connectivity index (χ2n) is 4.85. The number of hydrogen-bond acceptors (Lipinski definition) is 3. The van der Waals surface area contributed by atoms with Crippen LogP contribution in [0.15, 0.2) is 18.2 Å². The molecule has 0 unspecified atom stereocenters. The number of anilines is 1. The molecule has 0 radical (unpaired) electrons. The van der Waals surface area contributed by atoms with Gasteiger partial charge in [-0.15, -0.1) is 0 Å². The quantitative estimate of drug-likeness (QED) is 0.809. The van der Waals surface area contributed by atoms with Gasteiger partial charge in [-0.25, -0.2) is 0 Å². The molecule has 1 fully saturated rings. The highest BCUT2D eigenvalue weighted by molar-refractivity contribution is 5.51. The van der Waals surface area contributed by atoms with Gasteiger partial charge in [-0.1, -0.05) is 12.8 Å². The van der Waals surface area contributed by atoms with E-state index in [0.717, 1.165) is 30.0 Å². The Balaban J connectivity index is 1.73. The van der Waals surface area contributed by atoms with Crippen LogP contribution in [-0.4, -0.2) is 19.3 Å². The Kier molecular flexibility index (Phi) is 4.60. The molecule has 1 aliphatic carbocycles. The Labute approximate surface area is 109 Å². The van der Waals surface area contributed by atoms with Crippen LogP contribution in [0.2, 0.25) is 0 Å². The molecule has 1 saturated carbocycles. The molecule has 18 heavy (non-hydrogen) atoms. The maximum absolute atomic E-state index is 8.85. The average molecular weight is 244 g/mol. The summed E-state index contributed by atoms with van der Waals surface area (Å²) in [4.78, 5) is 0. The van der Waals surface area contributed by atoms with E-state index in [1.54, 1.807) is 0 Å². The maximum atomic E-state index is 8.85. The molecule has 1 aliphatic rings. The van der Waals surface area contributed by atoms with Crippen LogP contribution < -0.4 is 5.32 Å². The van der Waals surface area contributed by atoms with E-state index in [1.807, 2.05) is 25.1 Å². The number of nitriles is 1. The first-order chi connectivity index (χ1) is 8.79. The van der Waals surface area contributed by atoms with Gasteiger partial charge in [0.25, 0.3) is 0 Å². The molecule has 96 valence electrons. The molecule has 1 aromatic carbocycles. The third kappa shape index (κ3) is 3.48. The molecule has 0 atom stereocenters. The first-order valence-electron chi connectivity index (χ1n) is 6.66. The summed E-state index contributed by atoms with van der Waals surface area (Å²) in [5, 5.41) is 12.2. The van der Waals surface area contributed by atoms with Crippen molar-refractivity contribution in [3.05, 3.63) is 29.3 Å². The minimum atomic E-state index is 0.481. The molecule has 0 aliphatic heterocycles. The lowest BCUT2D eigenvalue weighted by atomic mass is 10.1. The Morgan fingerprint density at radius 2 is 2.17 bits per heavy atom. The maximum Gasteiger partial charge on any atom is 0.0994 e. The van der Waals surface area contributed by atoms with Gasteiger partial charge in [-0.05, 0) is 43.5 Å². The summed E-state index contributed by atoms with van der Waals surface area (Å²) < 4.78 is 5.78. The van der Waals surface area contributed by atoms with Crippen LogP contribution in [0.5, 0.6) is 0 Å². The fourth-order valence-corrected chi connectivity index (χ4v) is 2.38. The van der Waals surface area contributed by atoms with Crippen molar-refractivity contribution >= 4 is 5.69 Å². The number of rotatable bonds is 5. The summed E-state index contributed by atoms with van der Waals surface area (Å²) >= 11 is 0. The fraction of sp³-hybridized carbons (Fsp3) is 0.533. The third-order valence-corrected chi connectivity index (χ3v) is 3.43. The zero-order valence-corrected chi connectivity index (χ0v) is 10.9. The summed E-state index contributed by atoms with van der Waals surface area (Å²) in [6.07, 6.45) is 5.54. The Morgan fingerprint density at radius 3 is 2.83 bits per heavy atom. The Bertz CT molecular complexity index is 431. The van der Waals surface area contributed by atoms with Crippen molar-refractivity contribution in [1.82, 2.24) is 0 Å². The molecule has 3 nitrogen and oxygen atoms in total. The van der Waals surface area contributed by atoms with E-state index < -0.39 is 0 Å². The van der Waals surface area contributed by atoms with Gasteiger partial charge in [0.1, 0.15) is 0 Å². The van der Waals surface area contributed by atoms with Crippen LogP contribution in [0.3, 0.4) is 0 Å². The zero-order valence-electron chi connectivity index (χ0n) is 10.9. The molecule has 1 aromatic rings. The minimum Gasteiger partial charge on any atom is -0.383 e. The van der Waals surface area contributed by atoms with E-state index in [2.05, 4.69) is 11.4 Å². The molecule has 0 amide bonds. The molecule has 1 N–H and O–H groups in total. The first kappa shape index (κ1) is 12.9. The largest absolute Gasteiger partial charge is 0.383 e. The van der Waals surface area contributed by atoms with Gasteiger partial charge in [0.15, 0.2) is 0 Å². The lowest BCUT2D eigenvalue weighted by molar-refractivity contribution is 0.0659. The summed E-state index contributed by atoms with van der Waals surface area (Å²) in [6, 6.07) is 7.98. The highest BCUT2D eigenvalue weighted by Crippen LogP contribution is 2.20. The number of hydrogen-bond donors (Lipinski definition) is 1. The molecule has 0 saturated heterocycles. The van der Waals surface area contributed by atoms with E-state index in [0.29, 0.717) is 6.10 Å². The highest BCUT2D eigenvalue weighted by Gasteiger charge is 2.14. The number of benzene rings is 1. The predicted molar refractivity (Wildman–Crippen MR) is 72.6 cm³/mol. The Morgan fingerprint density at radius 1 is 1.39 bits per heavy atom. The SMILES string of the molecule is Cc1cc(NCCOC2CCCC2)ccc1C#N. The van der Waals surface area contributed by atoms with Crippen molar-refractivity contribution in [3.8, 4) is 6.07 Å². The van der Waals surface area contributed by atoms with Crippen LogP contribution >= 0.6 is 0 Å². The van der Waals surface area contributed by atoms with Crippen LogP contribution in [0, 0.1) is 18.3 Å². The normalized spacial score (nSPS) is 15.6. The van der Waals surface area contributed by atoms with Crippen molar-refractivity contribution in [2.24, 2.45) is 0 Å². The minimum absolute atomic E-state index is 0.481. The summed E-state index contributed by atoms with van der Waals surface area (Å²) in [5.41, 5.74) is 2.81. The molecular weight excluding hydrogens is 224 g/mol. The van der Waals surface area contributed by atoms with E-state index in [9.17, 15) is 0 Å². The molecule has 0 spiro atoms. The van der Waals surface area contributed by atoms with Gasteiger partial charge < -0.3 is 10.1 Å². The molecule has 3 heteroatoms. The van der Waals surface area contributed by atoms with E-state index >= 15 is 0 Å². The van der Waals surface area contributed by atoms with Gasteiger partial charge in [0.2, 0.25) is 0 Å². The van der Waals surface area contributed by atoms with Crippen molar-refractivity contribution in [3.63, 3.8) is 0 Å². The monoisotopic (exact) mass is 244 g/mol. The van der Waals surface area contributed by atoms with Crippen LogP contribution in [0.25, 0.3) is 0 Å². The third-order valence-electron chi connectivity index (χ3n) is 3.43. The van der Waals surface area contributed by atoms with E-state index in [1.165, 1.54) is 25.7 Å². The lowest BCUT2D eigenvalue weighted by Crippen LogP contribution is -2.15. The number of ether oxygens (including phenoxy) is 1. The van der Waals surface area contributed by atoms with Gasteiger partial charge in [-0.2, -0.15) is 5.26 Å². The smallest absolute Gasteiger partial charge is 0.0994 e.